The van der Waals surface area contributed by atoms with Crippen LogP contribution in [0.3, 0.4) is 0 Å². The van der Waals surface area contributed by atoms with Crippen LogP contribution in [0.1, 0.15) is 24.8 Å². The van der Waals surface area contributed by atoms with Gasteiger partial charge in [0, 0.05) is 38.5 Å². The molecule has 1 aliphatic heterocycles. The molecule has 0 radical (unpaired) electrons. The normalized spacial score (nSPS) is 17.0. The molecular formula is C15H20N6O3. The van der Waals surface area contributed by atoms with Crippen molar-refractivity contribution in [3.8, 4) is 0 Å². The largest absolute Gasteiger partial charge is 0.479 e. The first kappa shape index (κ1) is 16.2. The minimum absolute atomic E-state index is 0.00105. The van der Waals surface area contributed by atoms with Crippen molar-refractivity contribution in [2.45, 2.75) is 38.3 Å². The van der Waals surface area contributed by atoms with Crippen LogP contribution in [0, 0.1) is 6.92 Å². The number of carbonyl (C=O) groups excluding carboxylic acids is 1. The Morgan fingerprint density at radius 3 is 2.58 bits per heavy atom. The monoisotopic (exact) mass is 332 g/mol. The molecule has 0 unspecified atom stereocenters. The predicted molar refractivity (Wildman–Crippen MR) is 83.0 cm³/mol. The number of likely N-dealkylation sites (tertiary alicyclic amines) is 1. The summed E-state index contributed by atoms with van der Waals surface area (Å²) >= 11 is 0. The number of rotatable bonds is 5. The van der Waals surface area contributed by atoms with Gasteiger partial charge in [0.2, 0.25) is 5.91 Å². The molecule has 0 aromatic carbocycles. The van der Waals surface area contributed by atoms with Crippen molar-refractivity contribution < 1.29 is 14.7 Å². The van der Waals surface area contributed by atoms with Crippen LogP contribution < -0.4 is 0 Å². The van der Waals surface area contributed by atoms with E-state index in [4.69, 9.17) is 0 Å². The smallest absolute Gasteiger partial charge is 0.331 e. The van der Waals surface area contributed by atoms with Crippen LogP contribution in [-0.4, -0.2) is 59.5 Å². The van der Waals surface area contributed by atoms with Crippen LogP contribution in [-0.2, 0) is 21.7 Å². The summed E-state index contributed by atoms with van der Waals surface area (Å²) < 4.78 is 3.14. The van der Waals surface area contributed by atoms with E-state index in [9.17, 15) is 14.7 Å². The molecule has 0 atom stereocenters. The molecule has 0 saturated carbocycles. The maximum Gasteiger partial charge on any atom is 0.331 e. The Morgan fingerprint density at radius 1 is 1.29 bits per heavy atom. The third kappa shape index (κ3) is 3.01. The summed E-state index contributed by atoms with van der Waals surface area (Å²) in [7, 11) is 0. The number of amides is 1. The summed E-state index contributed by atoms with van der Waals surface area (Å²) in [6, 6.07) is 0. The molecule has 2 aromatic rings. The molecule has 1 amide bonds. The average Bonchev–Trinajstić information content (AvgIpc) is 3.24. The van der Waals surface area contributed by atoms with E-state index in [0.717, 1.165) is 5.56 Å². The Kier molecular flexibility index (Phi) is 4.32. The van der Waals surface area contributed by atoms with Gasteiger partial charge in [-0.15, -0.1) is 0 Å². The zero-order valence-electron chi connectivity index (χ0n) is 13.5. The Hall–Kier alpha value is -2.71. The van der Waals surface area contributed by atoms with E-state index in [1.54, 1.807) is 28.3 Å². The van der Waals surface area contributed by atoms with Crippen LogP contribution >= 0.6 is 0 Å². The van der Waals surface area contributed by atoms with Crippen molar-refractivity contribution in [2.75, 3.05) is 13.1 Å². The summed E-state index contributed by atoms with van der Waals surface area (Å²) in [5, 5.41) is 17.9. The summed E-state index contributed by atoms with van der Waals surface area (Å²) in [4.78, 5) is 29.7. The second kappa shape index (κ2) is 6.42. The number of carboxylic acid groups (broad SMARTS) is 1. The van der Waals surface area contributed by atoms with Gasteiger partial charge in [0.05, 0.1) is 12.7 Å². The Bertz CT molecular complexity index is 715. The maximum absolute atomic E-state index is 12.3. The van der Waals surface area contributed by atoms with Crippen LogP contribution in [0.25, 0.3) is 0 Å². The van der Waals surface area contributed by atoms with Gasteiger partial charge < -0.3 is 10.0 Å². The molecule has 9 nitrogen and oxygen atoms in total. The SMILES string of the molecule is Cc1cnn(C2(C(=O)O)CCN(C(=O)CCn3cncn3)CC2)c1. The van der Waals surface area contributed by atoms with Gasteiger partial charge in [-0.05, 0) is 12.5 Å². The lowest BCUT2D eigenvalue weighted by Gasteiger charge is -2.39. The average molecular weight is 332 g/mol. The van der Waals surface area contributed by atoms with Crippen molar-refractivity contribution in [2.24, 2.45) is 0 Å². The molecule has 0 bridgehead atoms. The maximum atomic E-state index is 12.3. The third-order valence-corrected chi connectivity index (χ3v) is 4.51. The van der Waals surface area contributed by atoms with E-state index in [-0.39, 0.29) is 5.91 Å². The molecule has 2 aromatic heterocycles. The predicted octanol–water partition coefficient (Wildman–Crippen LogP) is 0.276. The first-order valence-electron chi connectivity index (χ1n) is 7.86. The molecule has 1 saturated heterocycles. The zero-order chi connectivity index (χ0) is 17.2. The number of piperidine rings is 1. The number of carbonyl (C=O) groups is 2. The molecule has 3 heterocycles. The van der Waals surface area contributed by atoms with Gasteiger partial charge in [-0.2, -0.15) is 10.2 Å². The second-order valence-electron chi connectivity index (χ2n) is 6.09. The highest BCUT2D eigenvalue weighted by Crippen LogP contribution is 2.30. The highest BCUT2D eigenvalue weighted by atomic mass is 16.4. The topological polar surface area (TPSA) is 106 Å². The Balaban J connectivity index is 1.63. The lowest BCUT2D eigenvalue weighted by atomic mass is 9.87. The van der Waals surface area contributed by atoms with Crippen LogP contribution in [0.5, 0.6) is 0 Å². The van der Waals surface area contributed by atoms with E-state index in [1.807, 2.05) is 6.92 Å². The van der Waals surface area contributed by atoms with Crippen molar-refractivity contribution in [3.63, 3.8) is 0 Å². The Labute approximate surface area is 138 Å². The standard InChI is InChI=1S/C15H20N6O3/c1-12-8-17-21(9-12)15(14(23)24)3-6-19(7-4-15)13(22)2-5-20-11-16-10-18-20/h8-11H,2-7H2,1H3,(H,23,24). The fraction of sp³-hybridized carbons (Fsp3) is 0.533. The summed E-state index contributed by atoms with van der Waals surface area (Å²) in [6.07, 6.45) is 7.41. The van der Waals surface area contributed by atoms with E-state index < -0.39 is 11.5 Å². The molecule has 24 heavy (non-hydrogen) atoms. The molecule has 0 aliphatic carbocycles. The van der Waals surface area contributed by atoms with Gasteiger partial charge in [-0.3, -0.25) is 14.2 Å². The van der Waals surface area contributed by atoms with Crippen LogP contribution in [0.4, 0.5) is 0 Å². The van der Waals surface area contributed by atoms with E-state index in [2.05, 4.69) is 15.2 Å². The molecule has 128 valence electrons. The molecular weight excluding hydrogens is 312 g/mol. The minimum Gasteiger partial charge on any atom is -0.479 e. The number of aromatic nitrogens is 5. The van der Waals surface area contributed by atoms with Gasteiger partial charge >= 0.3 is 5.97 Å². The van der Waals surface area contributed by atoms with Gasteiger partial charge in [0.1, 0.15) is 12.7 Å². The number of nitrogens with zero attached hydrogens (tertiary/aromatic N) is 6. The molecule has 9 heteroatoms. The van der Waals surface area contributed by atoms with Gasteiger partial charge in [0.15, 0.2) is 5.54 Å². The summed E-state index contributed by atoms with van der Waals surface area (Å²) in [5.74, 6) is -0.901. The number of hydrogen-bond acceptors (Lipinski definition) is 5. The zero-order valence-corrected chi connectivity index (χ0v) is 13.5. The summed E-state index contributed by atoms with van der Waals surface area (Å²) in [6.45, 7) is 3.16. The van der Waals surface area contributed by atoms with Crippen LogP contribution in [0.2, 0.25) is 0 Å². The van der Waals surface area contributed by atoms with Crippen molar-refractivity contribution in [1.29, 1.82) is 0 Å². The molecule has 3 rings (SSSR count). The highest BCUT2D eigenvalue weighted by molar-refractivity contribution is 5.79. The second-order valence-corrected chi connectivity index (χ2v) is 6.09. The lowest BCUT2D eigenvalue weighted by Crippen LogP contribution is -2.52. The van der Waals surface area contributed by atoms with Crippen LogP contribution in [0.15, 0.2) is 25.0 Å². The molecule has 1 aliphatic rings. The number of carboxylic acids is 1. The van der Waals surface area contributed by atoms with E-state index >= 15 is 0 Å². The van der Waals surface area contributed by atoms with E-state index in [1.165, 1.54) is 11.0 Å². The minimum atomic E-state index is -1.07. The van der Waals surface area contributed by atoms with Crippen molar-refractivity contribution >= 4 is 11.9 Å². The third-order valence-electron chi connectivity index (χ3n) is 4.51. The van der Waals surface area contributed by atoms with E-state index in [0.29, 0.717) is 38.9 Å². The number of hydrogen-bond donors (Lipinski definition) is 1. The fourth-order valence-corrected chi connectivity index (χ4v) is 3.03. The number of aryl methyl sites for hydroxylation is 2. The van der Waals surface area contributed by atoms with Gasteiger partial charge in [-0.1, -0.05) is 0 Å². The van der Waals surface area contributed by atoms with Crippen molar-refractivity contribution in [1.82, 2.24) is 29.4 Å². The fourth-order valence-electron chi connectivity index (χ4n) is 3.03. The van der Waals surface area contributed by atoms with Gasteiger partial charge in [0.25, 0.3) is 0 Å². The highest BCUT2D eigenvalue weighted by Gasteiger charge is 2.44. The summed E-state index contributed by atoms with van der Waals surface area (Å²) in [5.41, 5.74) is -0.154. The molecule has 1 N–H and O–H groups in total. The lowest BCUT2D eigenvalue weighted by molar-refractivity contribution is -0.153. The van der Waals surface area contributed by atoms with Crippen molar-refractivity contribution in [3.05, 3.63) is 30.6 Å². The molecule has 0 spiro atoms. The first-order chi connectivity index (χ1) is 11.5. The first-order valence-corrected chi connectivity index (χ1v) is 7.86. The molecule has 1 fully saturated rings. The number of aliphatic carboxylic acids is 1. The Morgan fingerprint density at radius 2 is 2.04 bits per heavy atom. The quantitative estimate of drug-likeness (QED) is 0.843. The van der Waals surface area contributed by atoms with Gasteiger partial charge in [-0.25, -0.2) is 9.78 Å².